The first kappa shape index (κ1) is 26.8. The van der Waals surface area contributed by atoms with Gasteiger partial charge in [0.05, 0.1) is 25.0 Å². The fourth-order valence-electron chi connectivity index (χ4n) is 6.67. The zero-order chi connectivity index (χ0) is 25.5. The van der Waals surface area contributed by atoms with Crippen molar-refractivity contribution < 1.29 is 38.9 Å². The molecular formula is C24H41BN2O8. The Morgan fingerprint density at radius 3 is 2.51 bits per heavy atom. The molecule has 1 aliphatic carbocycles. The Bertz CT molecular complexity index is 799. The SMILES string of the molecule is CC(C)CC(NC(=O)CNC(=O)C[C@H]1O[C@@H]2O[C@@]3(C)CC[C@H]4[C@H](C)CC[C@@H]([C@H]1C)[C@@]24OO3)B(O)O. The average molecular weight is 496 g/mol. The Hall–Kier alpha value is -1.24. The summed E-state index contributed by atoms with van der Waals surface area (Å²) in [5.74, 6) is -1.36. The molecule has 198 valence electrons. The summed E-state index contributed by atoms with van der Waals surface area (Å²) in [4.78, 5) is 37.0. The second-order valence-electron chi connectivity index (χ2n) is 11.6. The van der Waals surface area contributed by atoms with E-state index >= 15 is 0 Å². The van der Waals surface area contributed by atoms with Crippen molar-refractivity contribution in [2.75, 3.05) is 6.54 Å². The molecule has 11 heteroatoms. The normalized spacial score (nSPS) is 41.0. The van der Waals surface area contributed by atoms with Gasteiger partial charge in [0.25, 0.3) is 0 Å². The van der Waals surface area contributed by atoms with E-state index in [4.69, 9.17) is 19.2 Å². The molecule has 1 spiro atoms. The number of carbonyl (C=O) groups is 2. The van der Waals surface area contributed by atoms with Crippen LogP contribution in [-0.4, -0.2) is 65.2 Å². The molecule has 0 aromatic heterocycles. The largest absolute Gasteiger partial charge is 0.475 e. The fourth-order valence-corrected chi connectivity index (χ4v) is 6.67. The van der Waals surface area contributed by atoms with Crippen LogP contribution in [0.1, 0.15) is 73.1 Å². The summed E-state index contributed by atoms with van der Waals surface area (Å²) >= 11 is 0. The molecule has 2 bridgehead atoms. The average Bonchev–Trinajstić information content (AvgIpc) is 3.01. The number of fused-ring (bicyclic) bond motifs is 2. The molecular weight excluding hydrogens is 455 g/mol. The van der Waals surface area contributed by atoms with Gasteiger partial charge in [-0.05, 0) is 56.3 Å². The highest BCUT2D eigenvalue weighted by molar-refractivity contribution is 6.43. The van der Waals surface area contributed by atoms with E-state index in [-0.39, 0.29) is 48.6 Å². The summed E-state index contributed by atoms with van der Waals surface area (Å²) in [6.07, 6.45) is 3.22. The molecule has 1 unspecified atom stereocenters. The van der Waals surface area contributed by atoms with E-state index in [9.17, 15) is 19.6 Å². The standard InChI is InChI=1S/C24H41BN2O8/c1-13(2)10-19(25(30)31)27-21(29)12-26-20(28)11-18-15(4)17-7-6-14(3)16-8-9-23(5)33-22(32-18)24(16,17)35-34-23/h13-19,22,30-31H,6-12H2,1-5H3,(H,26,28)(H,27,29)/t14-,15-,16+,17+,18-,19?,22-,23-,24-/m1/s1. The highest BCUT2D eigenvalue weighted by Crippen LogP contribution is 2.60. The number of amides is 2. The van der Waals surface area contributed by atoms with Crippen molar-refractivity contribution in [1.29, 1.82) is 0 Å². The highest BCUT2D eigenvalue weighted by Gasteiger charge is 2.69. The summed E-state index contributed by atoms with van der Waals surface area (Å²) in [7, 11) is -1.66. The minimum Gasteiger partial charge on any atom is -0.426 e. The van der Waals surface area contributed by atoms with Gasteiger partial charge in [0.1, 0.15) is 0 Å². The summed E-state index contributed by atoms with van der Waals surface area (Å²) in [6.45, 7) is 9.82. The lowest BCUT2D eigenvalue weighted by Gasteiger charge is -2.60. The Kier molecular flexibility index (Phi) is 7.86. The van der Waals surface area contributed by atoms with E-state index in [1.54, 1.807) is 0 Å². The third-order valence-electron chi connectivity index (χ3n) is 8.56. The molecule has 10 nitrogen and oxygen atoms in total. The molecule has 5 rings (SSSR count). The maximum absolute atomic E-state index is 12.8. The molecule has 2 amide bonds. The van der Waals surface area contributed by atoms with Gasteiger partial charge in [-0.15, -0.1) is 0 Å². The van der Waals surface area contributed by atoms with Crippen LogP contribution in [0.3, 0.4) is 0 Å². The Labute approximate surface area is 207 Å². The van der Waals surface area contributed by atoms with Gasteiger partial charge in [-0.1, -0.05) is 27.7 Å². The molecule has 35 heavy (non-hydrogen) atoms. The monoisotopic (exact) mass is 496 g/mol. The van der Waals surface area contributed by atoms with E-state index in [0.29, 0.717) is 12.3 Å². The third-order valence-corrected chi connectivity index (χ3v) is 8.56. The highest BCUT2D eigenvalue weighted by atomic mass is 17.3. The molecule has 0 radical (unpaired) electrons. The van der Waals surface area contributed by atoms with Crippen LogP contribution in [0.5, 0.6) is 0 Å². The zero-order valence-electron chi connectivity index (χ0n) is 21.5. The third kappa shape index (κ3) is 5.26. The van der Waals surface area contributed by atoms with Crippen molar-refractivity contribution in [3.05, 3.63) is 0 Å². The van der Waals surface area contributed by atoms with E-state index in [2.05, 4.69) is 24.5 Å². The van der Waals surface area contributed by atoms with Crippen LogP contribution in [-0.2, 0) is 28.8 Å². The Morgan fingerprint density at radius 1 is 1.09 bits per heavy atom. The van der Waals surface area contributed by atoms with Crippen molar-refractivity contribution >= 4 is 18.9 Å². The van der Waals surface area contributed by atoms with Crippen molar-refractivity contribution in [2.45, 2.75) is 103 Å². The van der Waals surface area contributed by atoms with Gasteiger partial charge in [0.15, 0.2) is 11.9 Å². The van der Waals surface area contributed by atoms with Crippen molar-refractivity contribution in [3.8, 4) is 0 Å². The molecule has 1 saturated carbocycles. The van der Waals surface area contributed by atoms with Gasteiger partial charge in [-0.2, -0.15) is 0 Å². The van der Waals surface area contributed by atoms with Crippen LogP contribution < -0.4 is 10.6 Å². The van der Waals surface area contributed by atoms with Gasteiger partial charge in [-0.3, -0.25) is 9.59 Å². The minimum atomic E-state index is -1.66. The van der Waals surface area contributed by atoms with E-state index in [1.807, 2.05) is 20.8 Å². The van der Waals surface area contributed by atoms with E-state index in [0.717, 1.165) is 25.7 Å². The number of ether oxygens (including phenoxy) is 2. The summed E-state index contributed by atoms with van der Waals surface area (Å²) in [5, 5.41) is 24.2. The quantitative estimate of drug-likeness (QED) is 0.292. The zero-order valence-corrected chi connectivity index (χ0v) is 21.5. The van der Waals surface area contributed by atoms with Gasteiger partial charge in [0.2, 0.25) is 17.6 Å². The van der Waals surface area contributed by atoms with Crippen molar-refractivity contribution in [1.82, 2.24) is 10.6 Å². The van der Waals surface area contributed by atoms with Gasteiger partial charge in [-0.25, -0.2) is 9.78 Å². The molecule has 0 aromatic carbocycles. The summed E-state index contributed by atoms with van der Waals surface area (Å²) in [6, 6.07) is 0. The molecule has 5 fully saturated rings. The first-order valence-corrected chi connectivity index (χ1v) is 13.1. The number of hydrogen-bond donors (Lipinski definition) is 4. The maximum Gasteiger partial charge on any atom is 0.475 e. The van der Waals surface area contributed by atoms with Crippen LogP contribution in [0.4, 0.5) is 0 Å². The van der Waals surface area contributed by atoms with Crippen LogP contribution >= 0.6 is 0 Å². The minimum absolute atomic E-state index is 0.0374. The van der Waals surface area contributed by atoms with Crippen molar-refractivity contribution in [2.24, 2.45) is 29.6 Å². The van der Waals surface area contributed by atoms with Gasteiger partial charge < -0.3 is 30.2 Å². The first-order valence-electron chi connectivity index (χ1n) is 13.1. The number of carbonyl (C=O) groups excluding carboxylic acids is 2. The second-order valence-corrected chi connectivity index (χ2v) is 11.6. The number of rotatable bonds is 8. The molecule has 4 aliphatic heterocycles. The smallest absolute Gasteiger partial charge is 0.426 e. The molecule has 4 heterocycles. The Balaban J connectivity index is 1.38. The molecule has 4 N–H and O–H groups in total. The molecule has 4 saturated heterocycles. The predicted octanol–water partition coefficient (Wildman–Crippen LogP) is 1.29. The molecule has 5 aliphatic rings. The lowest BCUT2D eigenvalue weighted by Crippen LogP contribution is -2.70. The molecule has 9 atom stereocenters. The molecule has 0 aromatic rings. The topological polar surface area (TPSA) is 136 Å². The second kappa shape index (κ2) is 10.3. The lowest BCUT2D eigenvalue weighted by atomic mass is 9.57. The number of nitrogens with one attached hydrogen (secondary N) is 2. The van der Waals surface area contributed by atoms with Crippen LogP contribution in [0, 0.1) is 29.6 Å². The van der Waals surface area contributed by atoms with Crippen LogP contribution in [0.15, 0.2) is 0 Å². The lowest BCUT2D eigenvalue weighted by molar-refractivity contribution is -0.570. The number of hydrogen-bond acceptors (Lipinski definition) is 8. The van der Waals surface area contributed by atoms with Gasteiger partial charge >= 0.3 is 7.12 Å². The van der Waals surface area contributed by atoms with E-state index in [1.165, 1.54) is 0 Å². The van der Waals surface area contributed by atoms with Gasteiger partial charge in [0, 0.05) is 12.3 Å². The Morgan fingerprint density at radius 2 is 1.83 bits per heavy atom. The fraction of sp³-hybridized carbons (Fsp3) is 0.917. The van der Waals surface area contributed by atoms with Crippen LogP contribution in [0.2, 0.25) is 0 Å². The predicted molar refractivity (Wildman–Crippen MR) is 126 cm³/mol. The van der Waals surface area contributed by atoms with Crippen molar-refractivity contribution in [3.63, 3.8) is 0 Å². The van der Waals surface area contributed by atoms with Crippen LogP contribution in [0.25, 0.3) is 0 Å². The maximum atomic E-state index is 12.8. The summed E-state index contributed by atoms with van der Waals surface area (Å²) in [5.41, 5.74) is -0.670. The first-order chi connectivity index (χ1) is 16.4. The van der Waals surface area contributed by atoms with E-state index < -0.39 is 36.6 Å². The summed E-state index contributed by atoms with van der Waals surface area (Å²) < 4.78 is 12.7.